The maximum Gasteiger partial charge on any atom is 0.273 e. The van der Waals surface area contributed by atoms with Gasteiger partial charge in [0.1, 0.15) is 11.5 Å². The lowest BCUT2D eigenvalue weighted by molar-refractivity contribution is 0.102. The van der Waals surface area contributed by atoms with Crippen molar-refractivity contribution in [2.75, 3.05) is 23.3 Å². The normalized spacial score (nSPS) is 13.8. The van der Waals surface area contributed by atoms with E-state index < -0.39 is 0 Å². The molecule has 3 heterocycles. The Balaban J connectivity index is 1.44. The van der Waals surface area contributed by atoms with E-state index in [1.807, 2.05) is 42.5 Å². The lowest BCUT2D eigenvalue weighted by Gasteiger charge is -2.16. The minimum absolute atomic E-state index is 0.231. The molecule has 1 aliphatic heterocycles. The van der Waals surface area contributed by atoms with Gasteiger partial charge in [-0.3, -0.25) is 9.89 Å². The Hall–Kier alpha value is -3.15. The number of aromatic amines is 1. The number of carbonyl (C=O) groups is 1. The van der Waals surface area contributed by atoms with Crippen LogP contribution in [0.2, 0.25) is 0 Å². The summed E-state index contributed by atoms with van der Waals surface area (Å²) in [4.78, 5) is 19.1. The van der Waals surface area contributed by atoms with Crippen LogP contribution in [0.4, 0.5) is 11.5 Å². The molecule has 25 heavy (non-hydrogen) atoms. The molecule has 2 aromatic heterocycles. The number of hydrogen-bond acceptors (Lipinski definition) is 4. The second-order valence-electron chi connectivity index (χ2n) is 6.09. The Morgan fingerprint density at radius 3 is 2.60 bits per heavy atom. The van der Waals surface area contributed by atoms with Gasteiger partial charge >= 0.3 is 0 Å². The number of benzene rings is 1. The molecule has 0 bridgehead atoms. The van der Waals surface area contributed by atoms with E-state index in [0.717, 1.165) is 30.2 Å². The molecule has 4 rings (SSSR count). The van der Waals surface area contributed by atoms with Gasteiger partial charge in [0, 0.05) is 18.7 Å². The number of aromatic nitrogens is 3. The standard InChI is InChI=1S/C19H19N5O/c25-19(17-12-16(22-23-17)14-6-2-1-3-7-14)21-15-8-9-18(20-13-15)24-10-4-5-11-24/h1-3,6-9,12-13H,4-5,10-11H2,(H,21,25)(H,22,23). The number of nitrogens with one attached hydrogen (secondary N) is 2. The third kappa shape index (κ3) is 3.38. The summed E-state index contributed by atoms with van der Waals surface area (Å²) in [6.07, 6.45) is 4.12. The van der Waals surface area contributed by atoms with Gasteiger partial charge in [-0.05, 0) is 31.0 Å². The summed E-state index contributed by atoms with van der Waals surface area (Å²) >= 11 is 0. The highest BCUT2D eigenvalue weighted by Gasteiger charge is 2.14. The van der Waals surface area contributed by atoms with Gasteiger partial charge in [-0.2, -0.15) is 5.10 Å². The van der Waals surface area contributed by atoms with Crippen LogP contribution in [0.25, 0.3) is 11.3 Å². The van der Waals surface area contributed by atoms with Gasteiger partial charge in [0.05, 0.1) is 17.6 Å². The Morgan fingerprint density at radius 1 is 1.08 bits per heavy atom. The molecule has 1 aromatic carbocycles. The van der Waals surface area contributed by atoms with Gasteiger partial charge in [-0.1, -0.05) is 30.3 Å². The number of pyridine rings is 1. The van der Waals surface area contributed by atoms with E-state index in [1.54, 1.807) is 12.3 Å². The Kier molecular flexibility index (Phi) is 4.16. The highest BCUT2D eigenvalue weighted by Crippen LogP contribution is 2.20. The van der Waals surface area contributed by atoms with E-state index in [-0.39, 0.29) is 5.91 Å². The molecule has 3 aromatic rings. The van der Waals surface area contributed by atoms with E-state index in [4.69, 9.17) is 0 Å². The molecule has 126 valence electrons. The van der Waals surface area contributed by atoms with Gasteiger partial charge in [-0.15, -0.1) is 0 Å². The van der Waals surface area contributed by atoms with Gasteiger partial charge in [-0.25, -0.2) is 4.98 Å². The van der Waals surface area contributed by atoms with E-state index in [9.17, 15) is 4.79 Å². The maximum absolute atomic E-state index is 12.4. The molecule has 2 N–H and O–H groups in total. The monoisotopic (exact) mass is 333 g/mol. The van der Waals surface area contributed by atoms with Crippen molar-refractivity contribution >= 4 is 17.4 Å². The minimum atomic E-state index is -0.231. The fourth-order valence-corrected chi connectivity index (χ4v) is 2.99. The molecule has 1 saturated heterocycles. The summed E-state index contributed by atoms with van der Waals surface area (Å²) in [7, 11) is 0. The third-order valence-corrected chi connectivity index (χ3v) is 4.33. The van der Waals surface area contributed by atoms with E-state index in [0.29, 0.717) is 11.4 Å². The van der Waals surface area contributed by atoms with Crippen molar-refractivity contribution in [2.24, 2.45) is 0 Å². The number of hydrogen-bond donors (Lipinski definition) is 2. The number of nitrogens with zero attached hydrogens (tertiary/aromatic N) is 3. The van der Waals surface area contributed by atoms with E-state index in [2.05, 4.69) is 25.4 Å². The smallest absolute Gasteiger partial charge is 0.273 e. The minimum Gasteiger partial charge on any atom is -0.357 e. The molecule has 0 aliphatic carbocycles. The number of anilines is 2. The van der Waals surface area contributed by atoms with Crippen molar-refractivity contribution < 1.29 is 4.79 Å². The molecule has 1 amide bonds. The maximum atomic E-state index is 12.4. The van der Waals surface area contributed by atoms with Crippen molar-refractivity contribution in [3.63, 3.8) is 0 Å². The summed E-state index contributed by atoms with van der Waals surface area (Å²) in [6, 6.07) is 15.3. The van der Waals surface area contributed by atoms with Crippen molar-refractivity contribution in [3.05, 3.63) is 60.4 Å². The molecule has 1 fully saturated rings. The number of H-pyrrole nitrogens is 1. The number of rotatable bonds is 4. The molecule has 0 saturated carbocycles. The summed E-state index contributed by atoms with van der Waals surface area (Å²) in [5.74, 6) is 0.730. The van der Waals surface area contributed by atoms with Crippen molar-refractivity contribution in [2.45, 2.75) is 12.8 Å². The lowest BCUT2D eigenvalue weighted by Crippen LogP contribution is -2.19. The Morgan fingerprint density at radius 2 is 1.88 bits per heavy atom. The van der Waals surface area contributed by atoms with Crippen LogP contribution in [0.1, 0.15) is 23.3 Å². The molecule has 0 spiro atoms. The number of amides is 1. The molecule has 6 nitrogen and oxygen atoms in total. The molecule has 0 atom stereocenters. The Labute approximate surface area is 145 Å². The van der Waals surface area contributed by atoms with Crippen molar-refractivity contribution in [1.29, 1.82) is 0 Å². The molecular formula is C19H19N5O. The first-order valence-corrected chi connectivity index (χ1v) is 8.43. The zero-order valence-corrected chi connectivity index (χ0v) is 13.8. The van der Waals surface area contributed by atoms with Gasteiger partial charge in [0.25, 0.3) is 5.91 Å². The van der Waals surface area contributed by atoms with Crippen LogP contribution in [0.5, 0.6) is 0 Å². The highest BCUT2D eigenvalue weighted by molar-refractivity contribution is 6.03. The zero-order chi connectivity index (χ0) is 17.1. The summed E-state index contributed by atoms with van der Waals surface area (Å²) in [6.45, 7) is 2.10. The predicted molar refractivity (Wildman–Crippen MR) is 97.7 cm³/mol. The molecule has 0 radical (unpaired) electrons. The van der Waals surface area contributed by atoms with Crippen molar-refractivity contribution in [3.8, 4) is 11.3 Å². The average Bonchev–Trinajstić information content (AvgIpc) is 3.35. The van der Waals surface area contributed by atoms with Gasteiger partial charge in [0.2, 0.25) is 0 Å². The summed E-state index contributed by atoms with van der Waals surface area (Å²) < 4.78 is 0. The van der Waals surface area contributed by atoms with Crippen LogP contribution in [-0.2, 0) is 0 Å². The van der Waals surface area contributed by atoms with E-state index in [1.165, 1.54) is 12.8 Å². The summed E-state index contributed by atoms with van der Waals surface area (Å²) in [5, 5.41) is 9.85. The van der Waals surface area contributed by atoms with Crippen LogP contribution in [0.15, 0.2) is 54.7 Å². The Bertz CT molecular complexity index is 851. The molecular weight excluding hydrogens is 314 g/mol. The van der Waals surface area contributed by atoms with Crippen LogP contribution in [-0.4, -0.2) is 34.2 Å². The fourth-order valence-electron chi connectivity index (χ4n) is 2.99. The third-order valence-electron chi connectivity index (χ3n) is 4.33. The molecule has 1 aliphatic rings. The van der Waals surface area contributed by atoms with Gasteiger partial charge < -0.3 is 10.2 Å². The first-order chi connectivity index (χ1) is 12.3. The van der Waals surface area contributed by atoms with E-state index >= 15 is 0 Å². The zero-order valence-electron chi connectivity index (χ0n) is 13.8. The fraction of sp³-hybridized carbons (Fsp3) is 0.211. The molecule has 6 heteroatoms. The average molecular weight is 333 g/mol. The van der Waals surface area contributed by atoms with Crippen LogP contribution >= 0.6 is 0 Å². The van der Waals surface area contributed by atoms with Gasteiger partial charge in [0.15, 0.2) is 0 Å². The predicted octanol–water partition coefficient (Wildman–Crippen LogP) is 3.32. The first kappa shape index (κ1) is 15.4. The first-order valence-electron chi connectivity index (χ1n) is 8.43. The summed E-state index contributed by atoms with van der Waals surface area (Å²) in [5.41, 5.74) is 2.80. The quantitative estimate of drug-likeness (QED) is 0.768. The molecule has 0 unspecified atom stereocenters. The van der Waals surface area contributed by atoms with Crippen LogP contribution in [0, 0.1) is 0 Å². The SMILES string of the molecule is O=C(Nc1ccc(N2CCCC2)nc1)c1cc(-c2ccccc2)n[nH]1. The second-order valence-corrected chi connectivity index (χ2v) is 6.09. The largest absolute Gasteiger partial charge is 0.357 e. The van der Waals surface area contributed by atoms with Crippen LogP contribution in [0.3, 0.4) is 0 Å². The van der Waals surface area contributed by atoms with Crippen LogP contribution < -0.4 is 10.2 Å². The second kappa shape index (κ2) is 6.76. The van der Waals surface area contributed by atoms with Crippen molar-refractivity contribution in [1.82, 2.24) is 15.2 Å². The topological polar surface area (TPSA) is 73.9 Å². The number of carbonyl (C=O) groups excluding carboxylic acids is 1. The highest BCUT2D eigenvalue weighted by atomic mass is 16.1. The lowest BCUT2D eigenvalue weighted by atomic mass is 10.1.